The molecule has 0 atom stereocenters. The fourth-order valence-corrected chi connectivity index (χ4v) is 1.39. The van der Waals surface area contributed by atoms with Gasteiger partial charge in [-0.2, -0.15) is 31.3 Å². The molecule has 0 aliphatic rings. The number of hydrogen-bond donors (Lipinski definition) is 0. The molecule has 1 heterocycles. The lowest BCUT2D eigenvalue weighted by atomic mass is 10.3. The second kappa shape index (κ2) is 6.65. The van der Waals surface area contributed by atoms with Crippen molar-refractivity contribution in [3.8, 4) is 5.88 Å². The predicted octanol–water partition coefficient (Wildman–Crippen LogP) is 3.54. The van der Waals surface area contributed by atoms with Gasteiger partial charge in [0.25, 0.3) is 6.10 Å². The van der Waals surface area contributed by atoms with Crippen LogP contribution in [0.3, 0.4) is 0 Å². The maximum atomic E-state index is 12.4. The van der Waals surface area contributed by atoms with E-state index in [0.29, 0.717) is 6.07 Å². The van der Waals surface area contributed by atoms with E-state index < -0.39 is 24.3 Å². The van der Waals surface area contributed by atoms with Crippen LogP contribution < -0.4 is 4.74 Å². The first-order chi connectivity index (χ1) is 9.54. The summed E-state index contributed by atoms with van der Waals surface area (Å²) in [5.41, 5.74) is 0. The molecule has 0 amide bonds. The van der Waals surface area contributed by atoms with Crippen molar-refractivity contribution in [3.05, 3.63) is 17.0 Å². The highest BCUT2D eigenvalue weighted by atomic mass is 35.5. The van der Waals surface area contributed by atoms with Crippen LogP contribution in [-0.4, -0.2) is 35.0 Å². The van der Waals surface area contributed by atoms with Crippen molar-refractivity contribution in [1.82, 2.24) is 9.97 Å². The molecule has 0 unspecified atom stereocenters. The Morgan fingerprint density at radius 3 is 2.19 bits per heavy atom. The van der Waals surface area contributed by atoms with Crippen molar-refractivity contribution in [1.29, 1.82) is 0 Å². The Labute approximate surface area is 120 Å². The minimum atomic E-state index is -5.64. The van der Waals surface area contributed by atoms with Crippen LogP contribution in [-0.2, 0) is 11.3 Å². The quantitative estimate of drug-likeness (QED) is 0.608. The molecule has 0 saturated heterocycles. The minimum Gasteiger partial charge on any atom is -0.455 e. The summed E-state index contributed by atoms with van der Waals surface area (Å²) in [4.78, 5) is 6.98. The average Bonchev–Trinajstić information content (AvgIpc) is 2.30. The Bertz CT molecular complexity index is 466. The SMILES string of the molecule is CCOCc1nc(Cl)cc(OC(C(F)(F)F)C(F)(F)F)n1. The third-order valence-corrected chi connectivity index (χ3v) is 2.18. The number of nitrogens with zero attached hydrogens (tertiary/aromatic N) is 2. The second-order valence-corrected chi connectivity index (χ2v) is 4.05. The van der Waals surface area contributed by atoms with E-state index in [-0.39, 0.29) is 24.2 Å². The third-order valence-electron chi connectivity index (χ3n) is 1.99. The number of ether oxygens (including phenoxy) is 2. The molecule has 0 aromatic carbocycles. The van der Waals surface area contributed by atoms with E-state index in [1.54, 1.807) is 6.92 Å². The van der Waals surface area contributed by atoms with E-state index in [1.165, 1.54) is 0 Å². The Morgan fingerprint density at radius 2 is 1.71 bits per heavy atom. The smallest absolute Gasteiger partial charge is 0.434 e. The van der Waals surface area contributed by atoms with Crippen LogP contribution in [0.5, 0.6) is 5.88 Å². The van der Waals surface area contributed by atoms with Gasteiger partial charge in [0.15, 0.2) is 5.82 Å². The first kappa shape index (κ1) is 17.8. The van der Waals surface area contributed by atoms with Crippen LogP contribution in [0.1, 0.15) is 12.7 Å². The van der Waals surface area contributed by atoms with Crippen LogP contribution in [0.2, 0.25) is 5.15 Å². The van der Waals surface area contributed by atoms with Gasteiger partial charge in [0, 0.05) is 12.7 Å². The number of hydrogen-bond acceptors (Lipinski definition) is 4. The molecule has 1 aromatic heterocycles. The summed E-state index contributed by atoms with van der Waals surface area (Å²) in [6.07, 6.45) is -15.3. The van der Waals surface area contributed by atoms with E-state index >= 15 is 0 Å². The van der Waals surface area contributed by atoms with E-state index in [0.717, 1.165) is 0 Å². The van der Waals surface area contributed by atoms with Crippen molar-refractivity contribution < 1.29 is 35.8 Å². The number of alkyl halides is 6. The normalized spacial score (nSPS) is 12.8. The van der Waals surface area contributed by atoms with Gasteiger partial charge in [-0.3, -0.25) is 0 Å². The fraction of sp³-hybridized carbons (Fsp3) is 0.600. The zero-order chi connectivity index (χ0) is 16.3. The molecule has 0 saturated carbocycles. The molecular weight excluding hydrogens is 330 g/mol. The van der Waals surface area contributed by atoms with Crippen LogP contribution in [0.25, 0.3) is 0 Å². The van der Waals surface area contributed by atoms with Crippen LogP contribution in [0.15, 0.2) is 6.07 Å². The molecule has 1 aromatic rings. The third kappa shape index (κ3) is 5.54. The summed E-state index contributed by atoms with van der Waals surface area (Å²) >= 11 is 5.49. The first-order valence-electron chi connectivity index (χ1n) is 5.45. The van der Waals surface area contributed by atoms with E-state index in [9.17, 15) is 26.3 Å². The van der Waals surface area contributed by atoms with E-state index in [4.69, 9.17) is 16.3 Å². The maximum absolute atomic E-state index is 12.4. The summed E-state index contributed by atoms with van der Waals surface area (Å²) < 4.78 is 82.9. The highest BCUT2D eigenvalue weighted by molar-refractivity contribution is 6.29. The van der Waals surface area contributed by atoms with Crippen molar-refractivity contribution in [3.63, 3.8) is 0 Å². The van der Waals surface area contributed by atoms with Crippen molar-refractivity contribution in [2.75, 3.05) is 6.61 Å². The number of rotatable bonds is 5. The fourth-order valence-electron chi connectivity index (χ4n) is 1.20. The van der Waals surface area contributed by atoms with Gasteiger partial charge >= 0.3 is 12.4 Å². The van der Waals surface area contributed by atoms with Crippen molar-refractivity contribution >= 4 is 11.6 Å². The lowest BCUT2D eigenvalue weighted by Crippen LogP contribution is -2.46. The van der Waals surface area contributed by atoms with Crippen molar-refractivity contribution in [2.24, 2.45) is 0 Å². The van der Waals surface area contributed by atoms with Gasteiger partial charge in [-0.25, -0.2) is 4.98 Å². The summed E-state index contributed by atoms with van der Waals surface area (Å²) in [6, 6.07) is 0.654. The molecule has 11 heteroatoms. The lowest BCUT2D eigenvalue weighted by molar-refractivity contribution is -0.300. The predicted molar refractivity (Wildman–Crippen MR) is 58.9 cm³/mol. The zero-order valence-corrected chi connectivity index (χ0v) is 11.2. The molecule has 0 N–H and O–H groups in total. The summed E-state index contributed by atoms with van der Waals surface area (Å²) in [7, 11) is 0. The van der Waals surface area contributed by atoms with Gasteiger partial charge in [-0.15, -0.1) is 0 Å². The number of halogens is 7. The monoisotopic (exact) mass is 338 g/mol. The Kier molecular flexibility index (Phi) is 5.62. The molecule has 0 fully saturated rings. The topological polar surface area (TPSA) is 44.2 Å². The second-order valence-electron chi connectivity index (χ2n) is 3.66. The van der Waals surface area contributed by atoms with Crippen LogP contribution in [0.4, 0.5) is 26.3 Å². The molecule has 1 rings (SSSR count). The molecule has 4 nitrogen and oxygen atoms in total. The molecule has 0 bridgehead atoms. The molecule has 21 heavy (non-hydrogen) atoms. The summed E-state index contributed by atoms with van der Waals surface area (Å²) in [6.45, 7) is 1.65. The Hall–Kier alpha value is -1.29. The maximum Gasteiger partial charge on any atom is 0.434 e. The van der Waals surface area contributed by atoms with Gasteiger partial charge in [0.2, 0.25) is 5.88 Å². The van der Waals surface area contributed by atoms with E-state index in [1.807, 2.05) is 0 Å². The highest BCUT2D eigenvalue weighted by Gasteiger charge is 2.59. The Balaban J connectivity index is 3.01. The van der Waals surface area contributed by atoms with Crippen LogP contribution >= 0.6 is 11.6 Å². The van der Waals surface area contributed by atoms with E-state index in [2.05, 4.69) is 14.7 Å². The van der Waals surface area contributed by atoms with Gasteiger partial charge in [0.1, 0.15) is 11.8 Å². The van der Waals surface area contributed by atoms with Gasteiger partial charge in [-0.05, 0) is 6.92 Å². The highest BCUT2D eigenvalue weighted by Crippen LogP contribution is 2.36. The standard InChI is InChI=1S/C10H9ClF6N2O2/c1-2-20-4-6-18-5(11)3-7(19-6)21-8(9(12,13)14)10(15,16)17/h3,8H,2,4H2,1H3. The minimum absolute atomic E-state index is 0.192. The molecule has 0 aliphatic heterocycles. The summed E-state index contributed by atoms with van der Waals surface area (Å²) in [5.74, 6) is -1.13. The Morgan fingerprint density at radius 1 is 1.14 bits per heavy atom. The average molecular weight is 339 g/mol. The largest absolute Gasteiger partial charge is 0.455 e. The number of aromatic nitrogens is 2. The lowest BCUT2D eigenvalue weighted by Gasteiger charge is -2.23. The first-order valence-corrected chi connectivity index (χ1v) is 5.83. The van der Waals surface area contributed by atoms with Crippen molar-refractivity contribution in [2.45, 2.75) is 32.0 Å². The molecule has 0 aliphatic carbocycles. The van der Waals surface area contributed by atoms with Gasteiger partial charge in [-0.1, -0.05) is 11.6 Å². The van der Waals surface area contributed by atoms with Gasteiger partial charge in [0.05, 0.1) is 0 Å². The van der Waals surface area contributed by atoms with Gasteiger partial charge < -0.3 is 9.47 Å². The zero-order valence-electron chi connectivity index (χ0n) is 10.4. The molecule has 0 spiro atoms. The van der Waals surface area contributed by atoms with Crippen LogP contribution in [0, 0.1) is 0 Å². The molecular formula is C10H9ClF6N2O2. The molecule has 0 radical (unpaired) electrons. The molecule has 120 valence electrons. The summed E-state index contributed by atoms with van der Waals surface area (Å²) in [5, 5.41) is -0.363.